The van der Waals surface area contributed by atoms with Gasteiger partial charge < -0.3 is 5.11 Å². The molecular weight excluding hydrogens is 308 g/mol. The van der Waals surface area contributed by atoms with E-state index in [0.717, 1.165) is 38.5 Å². The first-order chi connectivity index (χ1) is 12.3. The van der Waals surface area contributed by atoms with Crippen molar-refractivity contribution in [2.45, 2.75) is 44.6 Å². The van der Waals surface area contributed by atoms with Crippen LogP contribution in [-0.4, -0.2) is 60.3 Å². The lowest BCUT2D eigenvalue weighted by Crippen LogP contribution is -2.54. The highest BCUT2D eigenvalue weighted by atomic mass is 16.3. The molecule has 0 spiro atoms. The van der Waals surface area contributed by atoms with Gasteiger partial charge in [0.1, 0.15) is 0 Å². The van der Waals surface area contributed by atoms with E-state index in [-0.39, 0.29) is 0 Å². The lowest BCUT2D eigenvalue weighted by Gasteiger charge is -2.43. The van der Waals surface area contributed by atoms with Crippen molar-refractivity contribution in [1.82, 2.24) is 9.80 Å². The van der Waals surface area contributed by atoms with E-state index < -0.39 is 0 Å². The van der Waals surface area contributed by atoms with E-state index in [4.69, 9.17) is 0 Å². The monoisotopic (exact) mass is 342 g/mol. The maximum Gasteiger partial charge on any atom is 0.0446 e. The Kier molecular flexibility index (Phi) is 7.53. The first kappa shape index (κ1) is 18.6. The van der Waals surface area contributed by atoms with Crippen LogP contribution in [-0.2, 0) is 0 Å². The number of piperazine rings is 1. The lowest BCUT2D eigenvalue weighted by molar-refractivity contribution is 0.0485. The van der Waals surface area contributed by atoms with E-state index in [2.05, 4.69) is 52.3 Å². The summed E-state index contributed by atoms with van der Waals surface area (Å²) in [6.45, 7) is 5.95. The molecule has 0 radical (unpaired) electrons. The van der Waals surface area contributed by atoms with Gasteiger partial charge in [-0.1, -0.05) is 61.7 Å². The van der Waals surface area contributed by atoms with Crippen LogP contribution in [0.3, 0.4) is 0 Å². The second-order valence-corrected chi connectivity index (χ2v) is 7.74. The number of hydrogen-bond donors (Lipinski definition) is 1. The molecule has 1 aliphatic carbocycles. The minimum Gasteiger partial charge on any atom is -0.396 e. The molecule has 1 aliphatic heterocycles. The molecule has 2 aliphatic rings. The average molecular weight is 343 g/mol. The number of nitrogens with zero attached hydrogens (tertiary/aromatic N) is 2. The van der Waals surface area contributed by atoms with Crippen LogP contribution in [0.4, 0.5) is 0 Å². The zero-order valence-corrected chi connectivity index (χ0v) is 15.5. The zero-order valence-electron chi connectivity index (χ0n) is 15.5. The Hall–Kier alpha value is -1.16. The van der Waals surface area contributed by atoms with Gasteiger partial charge in [-0.3, -0.25) is 9.80 Å². The summed E-state index contributed by atoms with van der Waals surface area (Å²) >= 11 is 0. The second kappa shape index (κ2) is 10.1. The summed E-state index contributed by atoms with van der Waals surface area (Å²) in [4.78, 5) is 5.21. The van der Waals surface area contributed by atoms with Crippen LogP contribution in [0.5, 0.6) is 0 Å². The number of rotatable bonds is 7. The van der Waals surface area contributed by atoms with Crippen LogP contribution < -0.4 is 0 Å². The van der Waals surface area contributed by atoms with Crippen LogP contribution in [0.15, 0.2) is 36.4 Å². The summed E-state index contributed by atoms with van der Waals surface area (Å²) < 4.78 is 0. The summed E-state index contributed by atoms with van der Waals surface area (Å²) in [5.41, 5.74) is 1.27. The summed E-state index contributed by atoms with van der Waals surface area (Å²) in [6.07, 6.45) is 12.5. The standard InChI is InChI=1S/C22H34N2O/c25-17-13-22-19-23(14-7-12-20-8-3-1-4-9-20)15-16-24(22)18-21-10-5-2-6-11-21/h1,3-4,7-9,12,21-22,25H,2,5-6,10-11,13-19H2. The minimum atomic E-state index is 0.305. The molecule has 1 heterocycles. The van der Waals surface area contributed by atoms with Gasteiger partial charge in [0, 0.05) is 45.4 Å². The van der Waals surface area contributed by atoms with Crippen molar-refractivity contribution >= 4 is 6.08 Å². The molecule has 1 saturated carbocycles. The van der Waals surface area contributed by atoms with Crippen molar-refractivity contribution in [2.24, 2.45) is 5.92 Å². The molecule has 3 nitrogen and oxygen atoms in total. The number of hydrogen-bond acceptors (Lipinski definition) is 3. The average Bonchev–Trinajstić information content (AvgIpc) is 2.66. The molecule has 2 fully saturated rings. The summed E-state index contributed by atoms with van der Waals surface area (Å²) in [5, 5.41) is 9.49. The fourth-order valence-electron chi connectivity index (χ4n) is 4.39. The molecule has 0 amide bonds. The Balaban J connectivity index is 1.49. The first-order valence-electron chi connectivity index (χ1n) is 10.1. The van der Waals surface area contributed by atoms with Crippen molar-refractivity contribution in [3.8, 4) is 0 Å². The van der Waals surface area contributed by atoms with Crippen LogP contribution in [0.25, 0.3) is 6.08 Å². The molecular formula is C22H34N2O. The molecule has 138 valence electrons. The Morgan fingerprint density at radius 3 is 2.60 bits per heavy atom. The smallest absolute Gasteiger partial charge is 0.0446 e. The van der Waals surface area contributed by atoms with Crippen LogP contribution >= 0.6 is 0 Å². The number of aliphatic hydroxyl groups is 1. The van der Waals surface area contributed by atoms with E-state index in [1.54, 1.807) is 0 Å². The molecule has 3 heteroatoms. The first-order valence-corrected chi connectivity index (χ1v) is 10.1. The number of benzene rings is 1. The van der Waals surface area contributed by atoms with E-state index in [9.17, 15) is 5.11 Å². The van der Waals surface area contributed by atoms with E-state index in [1.165, 1.54) is 44.2 Å². The van der Waals surface area contributed by atoms with Gasteiger partial charge in [-0.05, 0) is 30.7 Å². The maximum absolute atomic E-state index is 9.49. The SMILES string of the molecule is OCCC1CN(CC=Cc2ccccc2)CCN1CC1CCCCC1. The highest BCUT2D eigenvalue weighted by Gasteiger charge is 2.28. The van der Waals surface area contributed by atoms with Gasteiger partial charge in [0.15, 0.2) is 0 Å². The Labute approximate surface area is 153 Å². The van der Waals surface area contributed by atoms with Gasteiger partial charge in [-0.15, -0.1) is 0 Å². The van der Waals surface area contributed by atoms with Gasteiger partial charge in [-0.2, -0.15) is 0 Å². The van der Waals surface area contributed by atoms with Crippen molar-refractivity contribution < 1.29 is 5.11 Å². The second-order valence-electron chi connectivity index (χ2n) is 7.74. The van der Waals surface area contributed by atoms with Crippen molar-refractivity contribution in [3.63, 3.8) is 0 Å². The van der Waals surface area contributed by atoms with Gasteiger partial charge in [0.05, 0.1) is 0 Å². The van der Waals surface area contributed by atoms with Gasteiger partial charge >= 0.3 is 0 Å². The maximum atomic E-state index is 9.49. The van der Waals surface area contributed by atoms with Crippen LogP contribution in [0, 0.1) is 5.92 Å². The van der Waals surface area contributed by atoms with E-state index in [1.807, 2.05) is 0 Å². The van der Waals surface area contributed by atoms with Gasteiger partial charge in [0.25, 0.3) is 0 Å². The van der Waals surface area contributed by atoms with Crippen molar-refractivity contribution in [2.75, 3.05) is 39.3 Å². The minimum absolute atomic E-state index is 0.305. The fourth-order valence-corrected chi connectivity index (χ4v) is 4.39. The lowest BCUT2D eigenvalue weighted by atomic mass is 9.88. The molecule has 0 bridgehead atoms. The highest BCUT2D eigenvalue weighted by Crippen LogP contribution is 2.26. The summed E-state index contributed by atoms with van der Waals surface area (Å²) in [6, 6.07) is 11.0. The molecule has 1 aromatic carbocycles. The van der Waals surface area contributed by atoms with E-state index >= 15 is 0 Å². The van der Waals surface area contributed by atoms with Crippen molar-refractivity contribution in [3.05, 3.63) is 42.0 Å². The molecule has 1 saturated heterocycles. The zero-order chi connectivity index (χ0) is 17.3. The van der Waals surface area contributed by atoms with Crippen LogP contribution in [0.1, 0.15) is 44.1 Å². The van der Waals surface area contributed by atoms with Crippen molar-refractivity contribution in [1.29, 1.82) is 0 Å². The molecule has 1 unspecified atom stereocenters. The summed E-state index contributed by atoms with van der Waals surface area (Å²) in [7, 11) is 0. The van der Waals surface area contributed by atoms with Gasteiger partial charge in [0.2, 0.25) is 0 Å². The topological polar surface area (TPSA) is 26.7 Å². The molecule has 1 N–H and O–H groups in total. The largest absolute Gasteiger partial charge is 0.396 e. The Morgan fingerprint density at radius 1 is 1.04 bits per heavy atom. The predicted molar refractivity (Wildman–Crippen MR) is 106 cm³/mol. The predicted octanol–water partition coefficient (Wildman–Crippen LogP) is 3.65. The van der Waals surface area contributed by atoms with E-state index in [0.29, 0.717) is 12.6 Å². The molecule has 3 rings (SSSR count). The Morgan fingerprint density at radius 2 is 1.84 bits per heavy atom. The van der Waals surface area contributed by atoms with Crippen LogP contribution in [0.2, 0.25) is 0 Å². The molecule has 1 aromatic rings. The normalized spacial score (nSPS) is 24.1. The highest BCUT2D eigenvalue weighted by molar-refractivity contribution is 5.48. The summed E-state index contributed by atoms with van der Waals surface area (Å²) in [5.74, 6) is 0.888. The molecule has 25 heavy (non-hydrogen) atoms. The third kappa shape index (κ3) is 5.95. The quantitative estimate of drug-likeness (QED) is 0.819. The number of aliphatic hydroxyl groups excluding tert-OH is 1. The molecule has 0 aromatic heterocycles. The van der Waals surface area contributed by atoms with Gasteiger partial charge in [-0.25, -0.2) is 0 Å². The third-order valence-electron chi connectivity index (χ3n) is 5.84. The fraction of sp³-hybridized carbons (Fsp3) is 0.636. The third-order valence-corrected chi connectivity index (χ3v) is 5.84. The Bertz CT molecular complexity index is 510. The molecule has 1 atom stereocenters.